The molecule has 0 unspecified atom stereocenters. The van der Waals surface area contributed by atoms with E-state index >= 15 is 0 Å². The van der Waals surface area contributed by atoms with Crippen LogP contribution in [0.1, 0.15) is 49.7 Å². The Morgan fingerprint density at radius 1 is 1.37 bits per heavy atom. The average molecular weight is 407 g/mol. The Balaban J connectivity index is 1.73. The molecule has 0 bridgehead atoms. The van der Waals surface area contributed by atoms with Crippen molar-refractivity contribution in [2.45, 2.75) is 52.5 Å². The second-order valence-corrected chi connectivity index (χ2v) is 9.72. The maximum absolute atomic E-state index is 6.11. The topological polar surface area (TPSA) is 25.4 Å². The highest BCUT2D eigenvalue weighted by Crippen LogP contribution is 2.42. The monoisotopic (exact) mass is 406 g/mol. The molecule has 0 radical (unpaired) electrons. The van der Waals surface area contributed by atoms with Crippen LogP contribution in [-0.2, 0) is 16.7 Å². The van der Waals surface area contributed by atoms with Gasteiger partial charge in [-0.25, -0.2) is 0 Å². The van der Waals surface area contributed by atoms with Crippen LogP contribution in [0.15, 0.2) is 29.8 Å². The standard InChI is InChI=1S/C22H31ClN2OS/c1-5-26-16-22(9-8-20-12-19(23)14-27-20)10-11-25(15-22)21(3,4)18-7-6-17(2)24-13-18/h6-7,12-14H,5,8-11,15-16H2,1-4H3/t22-/m0/s1. The zero-order valence-corrected chi connectivity index (χ0v) is 18.5. The maximum Gasteiger partial charge on any atom is 0.0535 e. The van der Waals surface area contributed by atoms with Crippen LogP contribution in [0.4, 0.5) is 0 Å². The van der Waals surface area contributed by atoms with Crippen molar-refractivity contribution in [3.63, 3.8) is 0 Å². The summed E-state index contributed by atoms with van der Waals surface area (Å²) in [6.45, 7) is 12.5. The molecule has 0 aromatic carbocycles. The van der Waals surface area contributed by atoms with Crippen LogP contribution >= 0.6 is 22.9 Å². The minimum atomic E-state index is -0.0269. The van der Waals surface area contributed by atoms with Crippen molar-refractivity contribution in [3.8, 4) is 0 Å². The van der Waals surface area contributed by atoms with Crippen molar-refractivity contribution in [1.82, 2.24) is 9.88 Å². The number of aryl methyl sites for hydroxylation is 2. The fourth-order valence-corrected chi connectivity index (χ4v) is 5.09. The first-order valence-corrected chi connectivity index (χ1v) is 11.1. The highest BCUT2D eigenvalue weighted by molar-refractivity contribution is 7.10. The van der Waals surface area contributed by atoms with Crippen molar-refractivity contribution >= 4 is 22.9 Å². The summed E-state index contributed by atoms with van der Waals surface area (Å²) in [4.78, 5) is 8.50. The lowest BCUT2D eigenvalue weighted by Gasteiger charge is -2.38. The Labute approximate surface area is 172 Å². The van der Waals surface area contributed by atoms with Gasteiger partial charge in [-0.3, -0.25) is 9.88 Å². The van der Waals surface area contributed by atoms with E-state index in [1.54, 1.807) is 11.3 Å². The Hall–Kier alpha value is -0.940. The molecule has 1 aliphatic rings. The zero-order valence-electron chi connectivity index (χ0n) is 16.9. The molecule has 1 saturated heterocycles. The molecule has 1 fully saturated rings. The molecule has 0 spiro atoms. The number of aromatic nitrogens is 1. The Kier molecular flexibility index (Phi) is 6.62. The third kappa shape index (κ3) is 4.92. The van der Waals surface area contributed by atoms with Gasteiger partial charge in [0, 0.05) is 46.3 Å². The predicted octanol–water partition coefficient (Wildman–Crippen LogP) is 5.70. The second kappa shape index (κ2) is 8.60. The van der Waals surface area contributed by atoms with Gasteiger partial charge in [-0.05, 0) is 71.2 Å². The molecule has 3 heterocycles. The number of pyridine rings is 1. The molecule has 0 saturated carbocycles. The molecule has 0 aliphatic carbocycles. The van der Waals surface area contributed by atoms with Crippen LogP contribution in [0, 0.1) is 12.3 Å². The predicted molar refractivity (Wildman–Crippen MR) is 115 cm³/mol. The molecule has 2 aromatic heterocycles. The number of halogens is 1. The number of rotatable bonds is 8. The highest BCUT2D eigenvalue weighted by Gasteiger charge is 2.43. The molecule has 1 atom stereocenters. The number of ether oxygens (including phenoxy) is 1. The summed E-state index contributed by atoms with van der Waals surface area (Å²) >= 11 is 7.87. The second-order valence-electron chi connectivity index (χ2n) is 8.29. The molecule has 0 N–H and O–H groups in total. The van der Waals surface area contributed by atoms with Gasteiger partial charge in [0.1, 0.15) is 0 Å². The van der Waals surface area contributed by atoms with Crippen molar-refractivity contribution in [2.24, 2.45) is 5.41 Å². The molecule has 2 aromatic rings. The first-order valence-electron chi connectivity index (χ1n) is 9.83. The zero-order chi connectivity index (χ0) is 19.5. The molecule has 5 heteroatoms. The SMILES string of the molecule is CCOC[C@@]1(CCc2cc(Cl)cs2)CCN(C(C)(C)c2ccc(C)nc2)C1. The van der Waals surface area contributed by atoms with Crippen LogP contribution in [0.3, 0.4) is 0 Å². The van der Waals surface area contributed by atoms with Crippen LogP contribution in [0.25, 0.3) is 0 Å². The largest absolute Gasteiger partial charge is 0.381 e. The normalized spacial score (nSPS) is 21.1. The number of thiophene rings is 1. The summed E-state index contributed by atoms with van der Waals surface area (Å²) in [7, 11) is 0. The van der Waals surface area contributed by atoms with Crippen molar-refractivity contribution in [2.75, 3.05) is 26.3 Å². The summed E-state index contributed by atoms with van der Waals surface area (Å²) in [6, 6.07) is 6.44. The minimum Gasteiger partial charge on any atom is -0.381 e. The number of hydrogen-bond acceptors (Lipinski definition) is 4. The van der Waals surface area contributed by atoms with E-state index in [9.17, 15) is 0 Å². The van der Waals surface area contributed by atoms with E-state index < -0.39 is 0 Å². The van der Waals surface area contributed by atoms with E-state index in [0.717, 1.165) is 49.9 Å². The van der Waals surface area contributed by atoms with Crippen LogP contribution in [0.2, 0.25) is 5.02 Å². The van der Waals surface area contributed by atoms with E-state index in [4.69, 9.17) is 16.3 Å². The Morgan fingerprint density at radius 2 is 2.19 bits per heavy atom. The summed E-state index contributed by atoms with van der Waals surface area (Å²) < 4.78 is 5.94. The van der Waals surface area contributed by atoms with E-state index in [-0.39, 0.29) is 11.0 Å². The van der Waals surface area contributed by atoms with Crippen molar-refractivity contribution in [3.05, 3.63) is 50.9 Å². The van der Waals surface area contributed by atoms with Gasteiger partial charge in [0.2, 0.25) is 0 Å². The summed E-state index contributed by atoms with van der Waals surface area (Å²) in [5, 5.41) is 2.88. The van der Waals surface area contributed by atoms with Gasteiger partial charge in [0.15, 0.2) is 0 Å². The molecule has 3 rings (SSSR count). The summed E-state index contributed by atoms with van der Waals surface area (Å²) in [6.07, 6.45) is 5.42. The molecule has 27 heavy (non-hydrogen) atoms. The van der Waals surface area contributed by atoms with E-state index in [2.05, 4.69) is 48.9 Å². The van der Waals surface area contributed by atoms with Crippen molar-refractivity contribution in [1.29, 1.82) is 0 Å². The third-order valence-corrected chi connectivity index (χ3v) is 7.33. The minimum absolute atomic E-state index is 0.0269. The van der Waals surface area contributed by atoms with E-state index in [1.165, 1.54) is 16.9 Å². The van der Waals surface area contributed by atoms with Crippen LogP contribution in [-0.4, -0.2) is 36.2 Å². The molecular formula is C22H31ClN2OS. The van der Waals surface area contributed by atoms with Gasteiger partial charge in [-0.15, -0.1) is 11.3 Å². The first-order chi connectivity index (χ1) is 12.8. The van der Waals surface area contributed by atoms with Gasteiger partial charge in [-0.1, -0.05) is 17.7 Å². The Morgan fingerprint density at radius 3 is 2.81 bits per heavy atom. The quantitative estimate of drug-likeness (QED) is 0.562. The summed E-state index contributed by atoms with van der Waals surface area (Å²) in [5.74, 6) is 0. The lowest BCUT2D eigenvalue weighted by molar-refractivity contribution is 0.0386. The fourth-order valence-electron chi connectivity index (χ4n) is 4.01. The van der Waals surface area contributed by atoms with Gasteiger partial charge in [0.25, 0.3) is 0 Å². The van der Waals surface area contributed by atoms with Crippen LogP contribution in [0.5, 0.6) is 0 Å². The number of nitrogens with zero attached hydrogens (tertiary/aromatic N) is 2. The van der Waals surface area contributed by atoms with E-state index in [0.29, 0.717) is 0 Å². The molecule has 148 valence electrons. The van der Waals surface area contributed by atoms with Gasteiger partial charge >= 0.3 is 0 Å². The van der Waals surface area contributed by atoms with Crippen molar-refractivity contribution < 1.29 is 4.74 Å². The molecule has 3 nitrogen and oxygen atoms in total. The summed E-state index contributed by atoms with van der Waals surface area (Å²) in [5.41, 5.74) is 2.53. The molecular weight excluding hydrogens is 376 g/mol. The lowest BCUT2D eigenvalue weighted by Crippen LogP contribution is -2.42. The fraction of sp³-hybridized carbons (Fsp3) is 0.591. The first kappa shape index (κ1) is 20.8. The number of likely N-dealkylation sites (tertiary alicyclic amines) is 1. The van der Waals surface area contributed by atoms with Gasteiger partial charge < -0.3 is 4.74 Å². The molecule has 0 amide bonds. The smallest absolute Gasteiger partial charge is 0.0535 e. The lowest BCUT2D eigenvalue weighted by atomic mass is 9.82. The highest BCUT2D eigenvalue weighted by atomic mass is 35.5. The third-order valence-electron chi connectivity index (χ3n) is 5.98. The van der Waals surface area contributed by atoms with E-state index in [1.807, 2.05) is 18.5 Å². The van der Waals surface area contributed by atoms with Gasteiger partial charge in [-0.2, -0.15) is 0 Å². The average Bonchev–Trinajstić information content (AvgIpc) is 3.26. The van der Waals surface area contributed by atoms with Crippen LogP contribution < -0.4 is 0 Å². The van der Waals surface area contributed by atoms with Gasteiger partial charge in [0.05, 0.1) is 11.6 Å². The maximum atomic E-state index is 6.11. The Bertz CT molecular complexity index is 743. The number of hydrogen-bond donors (Lipinski definition) is 0. The molecule has 1 aliphatic heterocycles.